The molecule has 10 heavy (non-hydrogen) atoms. The second-order valence-electron chi connectivity index (χ2n) is 2.32. The Morgan fingerprint density at radius 1 is 1.50 bits per heavy atom. The Kier molecular flexibility index (Phi) is 11.2. The lowest BCUT2D eigenvalue weighted by Gasteiger charge is -1.97. The van der Waals surface area contributed by atoms with Gasteiger partial charge < -0.3 is 5.11 Å². The molecule has 62 valence electrons. The van der Waals surface area contributed by atoms with Gasteiger partial charge in [0.1, 0.15) is 0 Å². The van der Waals surface area contributed by atoms with Crippen molar-refractivity contribution in [3.8, 4) is 0 Å². The second kappa shape index (κ2) is 8.90. The van der Waals surface area contributed by atoms with Crippen molar-refractivity contribution in [2.75, 3.05) is 19.5 Å². The van der Waals surface area contributed by atoms with Crippen LogP contribution in [0.5, 0.6) is 0 Å². The third-order valence-corrected chi connectivity index (χ3v) is 2.01. The Labute approximate surface area is 64.4 Å². The van der Waals surface area contributed by atoms with E-state index in [1.54, 1.807) is 0 Å². The summed E-state index contributed by atoms with van der Waals surface area (Å²) in [6, 6.07) is 0. The molecule has 0 rings (SSSR count). The fourth-order valence-corrected chi connectivity index (χ4v) is 1.34. The zero-order valence-corrected chi connectivity index (χ0v) is 8.11. The van der Waals surface area contributed by atoms with Gasteiger partial charge in [0.05, 0.1) is 0 Å². The quantitative estimate of drug-likeness (QED) is 0.635. The van der Waals surface area contributed by atoms with E-state index in [9.17, 15) is 0 Å². The minimum Gasteiger partial charge on any atom is -0.481 e. The van der Waals surface area contributed by atoms with Crippen molar-refractivity contribution in [2.24, 2.45) is 0 Å². The molecule has 0 aliphatic rings. The Bertz CT molecular complexity index is 77.7. The van der Waals surface area contributed by atoms with Crippen LogP contribution in [-0.4, -0.2) is 30.6 Å². The third-order valence-electron chi connectivity index (χ3n) is 0.671. The summed E-state index contributed by atoms with van der Waals surface area (Å²) in [6.45, 7) is 7.96. The monoisotopic (exact) mass is 164 g/mol. The number of rotatable bonds is 2. The molecular weight excluding hydrogens is 147 g/mol. The number of carbonyl (C=O) groups is 1. The van der Waals surface area contributed by atoms with Gasteiger partial charge in [0.25, 0.3) is 5.97 Å². The SMILES string of the molecule is CC(=O)O.CCCP(C)C. The van der Waals surface area contributed by atoms with Gasteiger partial charge in [0, 0.05) is 6.92 Å². The molecule has 1 N–H and O–H groups in total. The van der Waals surface area contributed by atoms with Gasteiger partial charge in [-0.25, -0.2) is 0 Å². The number of hydrogen-bond acceptors (Lipinski definition) is 1. The molecule has 0 heterocycles. The summed E-state index contributed by atoms with van der Waals surface area (Å²) < 4.78 is 0. The highest BCUT2D eigenvalue weighted by Crippen LogP contribution is 2.23. The molecule has 0 spiro atoms. The molecule has 0 aromatic heterocycles. The molecule has 0 aliphatic heterocycles. The van der Waals surface area contributed by atoms with Gasteiger partial charge in [-0.05, 0) is 19.5 Å². The van der Waals surface area contributed by atoms with Crippen LogP contribution in [0.2, 0.25) is 0 Å². The van der Waals surface area contributed by atoms with Crippen LogP contribution in [0, 0.1) is 0 Å². The van der Waals surface area contributed by atoms with Crippen molar-refractivity contribution in [2.45, 2.75) is 20.3 Å². The molecule has 0 unspecified atom stereocenters. The second-order valence-corrected chi connectivity index (χ2v) is 4.93. The molecule has 0 aromatic rings. The maximum atomic E-state index is 9.00. The number of carboxylic acids is 1. The van der Waals surface area contributed by atoms with Gasteiger partial charge in [0.2, 0.25) is 0 Å². The van der Waals surface area contributed by atoms with Gasteiger partial charge in [-0.15, -0.1) is 7.92 Å². The highest BCUT2D eigenvalue weighted by atomic mass is 31.1. The molecule has 0 amide bonds. The van der Waals surface area contributed by atoms with E-state index in [2.05, 4.69) is 20.3 Å². The topological polar surface area (TPSA) is 37.3 Å². The largest absolute Gasteiger partial charge is 0.481 e. The summed E-state index contributed by atoms with van der Waals surface area (Å²) in [4.78, 5) is 9.00. The first-order valence-electron chi connectivity index (χ1n) is 3.35. The van der Waals surface area contributed by atoms with E-state index < -0.39 is 5.97 Å². The van der Waals surface area contributed by atoms with Crippen LogP contribution in [0.1, 0.15) is 20.3 Å². The van der Waals surface area contributed by atoms with Crippen molar-refractivity contribution in [3.63, 3.8) is 0 Å². The van der Waals surface area contributed by atoms with Crippen LogP contribution < -0.4 is 0 Å². The Morgan fingerprint density at radius 2 is 1.80 bits per heavy atom. The third kappa shape index (κ3) is 44.7. The highest BCUT2D eigenvalue weighted by molar-refractivity contribution is 7.55. The van der Waals surface area contributed by atoms with Crippen LogP contribution >= 0.6 is 7.92 Å². The van der Waals surface area contributed by atoms with Crippen molar-refractivity contribution in [1.29, 1.82) is 0 Å². The van der Waals surface area contributed by atoms with E-state index in [-0.39, 0.29) is 0 Å². The fraction of sp³-hybridized carbons (Fsp3) is 0.857. The fourth-order valence-electron chi connectivity index (χ4n) is 0.447. The first-order valence-corrected chi connectivity index (χ1v) is 5.77. The average molecular weight is 164 g/mol. The summed E-state index contributed by atoms with van der Waals surface area (Å²) in [6.07, 6.45) is 2.80. The van der Waals surface area contributed by atoms with E-state index in [1.165, 1.54) is 12.6 Å². The zero-order valence-electron chi connectivity index (χ0n) is 7.22. The molecule has 0 saturated carbocycles. The molecule has 0 aliphatic carbocycles. The Balaban J connectivity index is 0. The lowest BCUT2D eigenvalue weighted by atomic mass is 10.6. The molecule has 0 aromatic carbocycles. The van der Waals surface area contributed by atoms with Crippen LogP contribution in [0.3, 0.4) is 0 Å². The normalized spacial score (nSPS) is 8.50. The molecule has 0 saturated heterocycles. The molecule has 0 atom stereocenters. The van der Waals surface area contributed by atoms with Crippen molar-refractivity contribution >= 4 is 13.9 Å². The number of carboxylic acid groups (broad SMARTS) is 1. The predicted molar refractivity (Wildman–Crippen MR) is 47.2 cm³/mol. The van der Waals surface area contributed by atoms with Gasteiger partial charge in [-0.2, -0.15) is 0 Å². The highest BCUT2D eigenvalue weighted by Gasteiger charge is 1.84. The average Bonchev–Trinajstić information content (AvgIpc) is 1.62. The summed E-state index contributed by atoms with van der Waals surface area (Å²) in [5.74, 6) is -0.833. The van der Waals surface area contributed by atoms with Crippen LogP contribution in [0.25, 0.3) is 0 Å². The van der Waals surface area contributed by atoms with E-state index in [0.29, 0.717) is 7.92 Å². The minimum atomic E-state index is -0.833. The Hall–Kier alpha value is -0.100. The summed E-state index contributed by atoms with van der Waals surface area (Å²) in [7, 11) is 0.399. The predicted octanol–water partition coefficient (Wildman–Crippen LogP) is 2.23. The number of aliphatic carboxylic acids is 1. The first kappa shape index (κ1) is 12.6. The van der Waals surface area contributed by atoms with Crippen LogP contribution in [0.4, 0.5) is 0 Å². The van der Waals surface area contributed by atoms with Crippen molar-refractivity contribution in [1.82, 2.24) is 0 Å². The standard InChI is InChI=1S/C5H13P.C2H4O2/c1-4-5-6(2)3;1-2(3)4/h4-5H2,1-3H3;1H3,(H,3,4). The van der Waals surface area contributed by atoms with Crippen molar-refractivity contribution in [3.05, 3.63) is 0 Å². The van der Waals surface area contributed by atoms with Gasteiger partial charge in [-0.3, -0.25) is 4.79 Å². The maximum Gasteiger partial charge on any atom is 0.300 e. The minimum absolute atomic E-state index is 0.399. The van der Waals surface area contributed by atoms with E-state index in [1.807, 2.05) is 0 Å². The summed E-state index contributed by atoms with van der Waals surface area (Å²) in [5, 5.41) is 7.42. The lowest BCUT2D eigenvalue weighted by Crippen LogP contribution is -1.78. The van der Waals surface area contributed by atoms with Gasteiger partial charge in [0.15, 0.2) is 0 Å². The molecule has 0 fully saturated rings. The zero-order chi connectivity index (χ0) is 8.57. The van der Waals surface area contributed by atoms with Crippen LogP contribution in [0.15, 0.2) is 0 Å². The molecule has 2 nitrogen and oxygen atoms in total. The van der Waals surface area contributed by atoms with E-state index >= 15 is 0 Å². The summed E-state index contributed by atoms with van der Waals surface area (Å²) in [5.41, 5.74) is 0. The first-order chi connectivity index (χ1) is 4.50. The maximum absolute atomic E-state index is 9.00. The molecule has 0 radical (unpaired) electrons. The Morgan fingerprint density at radius 3 is 1.80 bits per heavy atom. The van der Waals surface area contributed by atoms with E-state index in [4.69, 9.17) is 9.90 Å². The molecule has 3 heteroatoms. The molecular formula is C7H17O2P. The lowest BCUT2D eigenvalue weighted by molar-refractivity contribution is -0.134. The van der Waals surface area contributed by atoms with Crippen molar-refractivity contribution < 1.29 is 9.90 Å². The van der Waals surface area contributed by atoms with Crippen LogP contribution in [-0.2, 0) is 4.79 Å². The smallest absolute Gasteiger partial charge is 0.300 e. The van der Waals surface area contributed by atoms with E-state index in [0.717, 1.165) is 6.92 Å². The summed E-state index contributed by atoms with van der Waals surface area (Å²) >= 11 is 0. The molecule has 0 bridgehead atoms. The van der Waals surface area contributed by atoms with Gasteiger partial charge >= 0.3 is 0 Å². The van der Waals surface area contributed by atoms with Gasteiger partial charge in [-0.1, -0.05) is 13.3 Å². The number of hydrogen-bond donors (Lipinski definition) is 1.